The molecule has 35 heavy (non-hydrogen) atoms. The van der Waals surface area contributed by atoms with Crippen molar-refractivity contribution in [1.29, 1.82) is 0 Å². The van der Waals surface area contributed by atoms with E-state index in [1.54, 1.807) is 4.57 Å². The van der Waals surface area contributed by atoms with Crippen molar-refractivity contribution in [2.75, 3.05) is 6.61 Å². The van der Waals surface area contributed by atoms with Crippen LogP contribution in [0.4, 0.5) is 0 Å². The maximum Gasteiger partial charge on any atom is 0.333 e. The summed E-state index contributed by atoms with van der Waals surface area (Å²) in [5.74, 6) is 1.19. The standard InChI is InChI=1S/C27H40N4O3Si/c1-5-16-29-26(32)23-25(30(27(29)33)19-21-12-8-6-9-13-21)28-24(22-14-10-7-11-15-22)31(23)20-34-17-18-35(2,3)4/h6,8-9,12-13,22H,5,7,10-11,14-20H2,1-4H3. The molecule has 0 saturated heterocycles. The molecule has 0 spiro atoms. The minimum Gasteiger partial charge on any atom is -0.361 e. The van der Waals surface area contributed by atoms with Crippen LogP contribution in [0.5, 0.6) is 0 Å². The molecule has 0 unspecified atom stereocenters. The monoisotopic (exact) mass is 496 g/mol. The lowest BCUT2D eigenvalue weighted by Crippen LogP contribution is -2.41. The van der Waals surface area contributed by atoms with Gasteiger partial charge in [-0.3, -0.25) is 18.5 Å². The lowest BCUT2D eigenvalue weighted by atomic mass is 9.89. The van der Waals surface area contributed by atoms with Gasteiger partial charge in [0, 0.05) is 27.1 Å². The number of rotatable bonds is 10. The first-order valence-electron chi connectivity index (χ1n) is 13.2. The number of nitrogens with zero attached hydrogens (tertiary/aromatic N) is 4. The van der Waals surface area contributed by atoms with Gasteiger partial charge in [-0.05, 0) is 30.9 Å². The maximum absolute atomic E-state index is 13.7. The van der Waals surface area contributed by atoms with Crippen molar-refractivity contribution in [2.24, 2.45) is 0 Å². The first-order chi connectivity index (χ1) is 16.8. The van der Waals surface area contributed by atoms with Gasteiger partial charge in [0.15, 0.2) is 11.2 Å². The molecule has 1 aromatic carbocycles. The van der Waals surface area contributed by atoms with Gasteiger partial charge in [0.05, 0.1) is 6.54 Å². The first kappa shape index (κ1) is 25.6. The Morgan fingerprint density at radius 3 is 2.37 bits per heavy atom. The highest BCUT2D eigenvalue weighted by molar-refractivity contribution is 6.76. The summed E-state index contributed by atoms with van der Waals surface area (Å²) in [6.45, 7) is 10.7. The fraction of sp³-hybridized carbons (Fsp3) is 0.593. The topological polar surface area (TPSA) is 71.0 Å². The lowest BCUT2D eigenvalue weighted by molar-refractivity contribution is 0.0863. The number of imidazole rings is 1. The van der Waals surface area contributed by atoms with Crippen molar-refractivity contribution >= 4 is 19.2 Å². The molecule has 8 heteroatoms. The zero-order valence-corrected chi connectivity index (χ0v) is 22.8. The van der Waals surface area contributed by atoms with Crippen LogP contribution in [0.1, 0.15) is 62.8 Å². The largest absolute Gasteiger partial charge is 0.361 e. The third-order valence-corrected chi connectivity index (χ3v) is 8.67. The van der Waals surface area contributed by atoms with E-state index in [0.717, 1.165) is 30.3 Å². The molecule has 2 aromatic heterocycles. The molecule has 0 bridgehead atoms. The van der Waals surface area contributed by atoms with Crippen molar-refractivity contribution < 1.29 is 4.74 Å². The number of benzene rings is 1. The molecule has 1 saturated carbocycles. The van der Waals surface area contributed by atoms with Gasteiger partial charge in [-0.25, -0.2) is 9.78 Å². The molecular weight excluding hydrogens is 456 g/mol. The molecule has 2 heterocycles. The molecule has 0 aliphatic heterocycles. The molecule has 1 fully saturated rings. The fourth-order valence-corrected chi connectivity index (χ4v) is 5.73. The molecule has 190 valence electrons. The van der Waals surface area contributed by atoms with Crippen LogP contribution >= 0.6 is 0 Å². The number of fused-ring (bicyclic) bond motifs is 1. The molecule has 0 atom stereocenters. The molecule has 3 aromatic rings. The van der Waals surface area contributed by atoms with Crippen LogP contribution in [0.15, 0.2) is 39.9 Å². The smallest absolute Gasteiger partial charge is 0.333 e. The molecule has 0 amide bonds. The van der Waals surface area contributed by atoms with Gasteiger partial charge in [-0.2, -0.15) is 0 Å². The highest BCUT2D eigenvalue weighted by Gasteiger charge is 2.27. The van der Waals surface area contributed by atoms with Crippen LogP contribution in [0.25, 0.3) is 11.2 Å². The number of hydrogen-bond donors (Lipinski definition) is 0. The van der Waals surface area contributed by atoms with Gasteiger partial charge < -0.3 is 4.74 Å². The van der Waals surface area contributed by atoms with E-state index < -0.39 is 8.07 Å². The summed E-state index contributed by atoms with van der Waals surface area (Å²) in [6.07, 6.45) is 6.41. The van der Waals surface area contributed by atoms with Gasteiger partial charge >= 0.3 is 5.69 Å². The third-order valence-electron chi connectivity index (χ3n) is 6.96. The van der Waals surface area contributed by atoms with E-state index in [0.29, 0.717) is 44.0 Å². The van der Waals surface area contributed by atoms with E-state index in [2.05, 4.69) is 19.6 Å². The second-order valence-corrected chi connectivity index (χ2v) is 16.7. The third kappa shape index (κ3) is 5.86. The summed E-state index contributed by atoms with van der Waals surface area (Å²) in [5.41, 5.74) is 1.47. The quantitative estimate of drug-likeness (QED) is 0.286. The lowest BCUT2D eigenvalue weighted by Gasteiger charge is -2.22. The summed E-state index contributed by atoms with van der Waals surface area (Å²) < 4.78 is 11.2. The Morgan fingerprint density at radius 1 is 1.00 bits per heavy atom. The zero-order valence-electron chi connectivity index (χ0n) is 21.8. The van der Waals surface area contributed by atoms with Crippen molar-refractivity contribution in [2.45, 2.75) is 96.9 Å². The average molecular weight is 497 g/mol. The second-order valence-electron chi connectivity index (χ2n) is 11.1. The maximum atomic E-state index is 13.7. The van der Waals surface area contributed by atoms with Crippen LogP contribution < -0.4 is 11.2 Å². The van der Waals surface area contributed by atoms with Crippen LogP contribution in [-0.4, -0.2) is 33.4 Å². The van der Waals surface area contributed by atoms with Crippen molar-refractivity contribution in [3.8, 4) is 0 Å². The summed E-state index contributed by atoms with van der Waals surface area (Å²) in [6, 6.07) is 11.0. The zero-order chi connectivity index (χ0) is 25.0. The Balaban J connectivity index is 1.86. The highest BCUT2D eigenvalue weighted by Crippen LogP contribution is 2.33. The first-order valence-corrected chi connectivity index (χ1v) is 16.9. The van der Waals surface area contributed by atoms with Crippen molar-refractivity contribution in [1.82, 2.24) is 18.7 Å². The predicted molar refractivity (Wildman–Crippen MR) is 144 cm³/mol. The van der Waals surface area contributed by atoms with E-state index in [9.17, 15) is 9.59 Å². The van der Waals surface area contributed by atoms with E-state index in [-0.39, 0.29) is 17.2 Å². The van der Waals surface area contributed by atoms with Crippen LogP contribution in [0.3, 0.4) is 0 Å². The minimum absolute atomic E-state index is 0.250. The Labute approximate surface area is 208 Å². The Kier molecular flexibility index (Phi) is 8.11. The van der Waals surface area contributed by atoms with Gasteiger partial charge in [0.2, 0.25) is 0 Å². The van der Waals surface area contributed by atoms with E-state index in [4.69, 9.17) is 9.72 Å². The number of ether oxygens (including phenoxy) is 1. The second kappa shape index (κ2) is 11.1. The van der Waals surface area contributed by atoms with Gasteiger partial charge in [-0.15, -0.1) is 0 Å². The molecule has 1 aliphatic carbocycles. The Bertz CT molecular complexity index is 1250. The number of aromatic nitrogens is 4. The predicted octanol–water partition coefficient (Wildman–Crippen LogP) is 5.18. The van der Waals surface area contributed by atoms with E-state index in [1.807, 2.05) is 41.8 Å². The van der Waals surface area contributed by atoms with Gasteiger partial charge in [-0.1, -0.05) is 76.2 Å². The van der Waals surface area contributed by atoms with Gasteiger partial charge in [0.25, 0.3) is 5.56 Å². The Morgan fingerprint density at radius 2 is 1.71 bits per heavy atom. The molecule has 7 nitrogen and oxygen atoms in total. The molecular formula is C27H40N4O3Si. The van der Waals surface area contributed by atoms with E-state index in [1.165, 1.54) is 23.8 Å². The van der Waals surface area contributed by atoms with Gasteiger partial charge in [0.1, 0.15) is 12.6 Å². The molecule has 4 rings (SSSR count). The van der Waals surface area contributed by atoms with Crippen LogP contribution in [0.2, 0.25) is 25.7 Å². The van der Waals surface area contributed by atoms with Crippen LogP contribution in [-0.2, 0) is 24.6 Å². The number of hydrogen-bond acceptors (Lipinski definition) is 4. The Hall–Kier alpha value is -2.45. The van der Waals surface area contributed by atoms with Crippen molar-refractivity contribution in [3.63, 3.8) is 0 Å². The molecule has 1 aliphatic rings. The summed E-state index contributed by atoms with van der Waals surface area (Å²) >= 11 is 0. The SMILES string of the molecule is CCCn1c(=O)c2c(nc(C3CCCCC3)n2COCC[Si](C)(C)C)n(Cc2ccccc2)c1=O. The fourth-order valence-electron chi connectivity index (χ4n) is 4.97. The van der Waals surface area contributed by atoms with Crippen molar-refractivity contribution in [3.05, 3.63) is 62.6 Å². The average Bonchev–Trinajstić information content (AvgIpc) is 3.22. The molecule has 0 N–H and O–H groups in total. The van der Waals surface area contributed by atoms with E-state index >= 15 is 0 Å². The van der Waals surface area contributed by atoms with Crippen LogP contribution in [0, 0.1) is 0 Å². The summed E-state index contributed by atoms with van der Waals surface area (Å²) in [7, 11) is -1.23. The minimum atomic E-state index is -1.23. The summed E-state index contributed by atoms with van der Waals surface area (Å²) in [5, 5.41) is 0. The highest BCUT2D eigenvalue weighted by atomic mass is 28.3. The summed E-state index contributed by atoms with van der Waals surface area (Å²) in [4.78, 5) is 32.2. The normalized spacial score (nSPS) is 15.2. The molecule has 0 radical (unpaired) electrons.